The van der Waals surface area contributed by atoms with E-state index in [1.54, 1.807) is 0 Å². The molecular formula is C16H25BrN2O. The Morgan fingerprint density at radius 1 is 1.40 bits per heavy atom. The van der Waals surface area contributed by atoms with Crippen LogP contribution in [0.1, 0.15) is 44.2 Å². The van der Waals surface area contributed by atoms with Crippen LogP contribution in [0, 0.1) is 0 Å². The van der Waals surface area contributed by atoms with Gasteiger partial charge < -0.3 is 15.3 Å². The second-order valence-corrected chi connectivity index (χ2v) is 6.43. The standard InChI is InChI=1S/C16H25BrN2O/c1-12(18-2)15-8-7-14(11-16(15)17)19(9-10-20)13-5-3-4-6-13/h7-8,11-13,18,20H,3-6,9-10H2,1-2H3. The van der Waals surface area contributed by atoms with Gasteiger partial charge in [-0.15, -0.1) is 0 Å². The maximum atomic E-state index is 9.35. The molecule has 112 valence electrons. The van der Waals surface area contributed by atoms with Crippen molar-refractivity contribution in [3.8, 4) is 0 Å². The predicted molar refractivity (Wildman–Crippen MR) is 88.3 cm³/mol. The van der Waals surface area contributed by atoms with Gasteiger partial charge in [0.1, 0.15) is 0 Å². The minimum absolute atomic E-state index is 0.211. The van der Waals surface area contributed by atoms with Crippen LogP contribution in [-0.4, -0.2) is 31.3 Å². The lowest BCUT2D eigenvalue weighted by Gasteiger charge is -2.31. The van der Waals surface area contributed by atoms with Gasteiger partial charge in [0, 0.05) is 28.8 Å². The zero-order valence-electron chi connectivity index (χ0n) is 12.4. The number of hydrogen-bond acceptors (Lipinski definition) is 3. The minimum atomic E-state index is 0.211. The first kappa shape index (κ1) is 15.8. The molecule has 1 aromatic carbocycles. The summed E-state index contributed by atoms with van der Waals surface area (Å²) in [5.74, 6) is 0. The summed E-state index contributed by atoms with van der Waals surface area (Å²) >= 11 is 3.69. The lowest BCUT2D eigenvalue weighted by molar-refractivity contribution is 0.297. The lowest BCUT2D eigenvalue weighted by Crippen LogP contribution is -2.35. The third-order valence-electron chi connectivity index (χ3n) is 4.32. The van der Waals surface area contributed by atoms with Gasteiger partial charge in [-0.25, -0.2) is 0 Å². The molecule has 2 N–H and O–H groups in total. The van der Waals surface area contributed by atoms with Gasteiger partial charge >= 0.3 is 0 Å². The van der Waals surface area contributed by atoms with E-state index in [2.05, 4.69) is 51.3 Å². The number of nitrogens with zero attached hydrogens (tertiary/aromatic N) is 1. The largest absolute Gasteiger partial charge is 0.395 e. The summed E-state index contributed by atoms with van der Waals surface area (Å²) in [5, 5.41) is 12.6. The highest BCUT2D eigenvalue weighted by Crippen LogP contribution is 2.32. The van der Waals surface area contributed by atoms with E-state index in [-0.39, 0.29) is 6.61 Å². The fourth-order valence-corrected chi connectivity index (χ4v) is 3.76. The van der Waals surface area contributed by atoms with Crippen LogP contribution in [-0.2, 0) is 0 Å². The highest BCUT2D eigenvalue weighted by molar-refractivity contribution is 9.10. The van der Waals surface area contributed by atoms with E-state index < -0.39 is 0 Å². The van der Waals surface area contributed by atoms with E-state index in [1.807, 2.05) is 7.05 Å². The van der Waals surface area contributed by atoms with Crippen LogP contribution in [0.5, 0.6) is 0 Å². The summed E-state index contributed by atoms with van der Waals surface area (Å²) in [5.41, 5.74) is 2.48. The highest BCUT2D eigenvalue weighted by atomic mass is 79.9. The van der Waals surface area contributed by atoms with Crippen LogP contribution in [0.25, 0.3) is 0 Å². The Hall–Kier alpha value is -0.580. The summed E-state index contributed by atoms with van der Waals surface area (Å²) < 4.78 is 1.14. The molecule has 0 spiro atoms. The van der Waals surface area contributed by atoms with Crippen molar-refractivity contribution in [2.75, 3.05) is 25.1 Å². The summed E-state index contributed by atoms with van der Waals surface area (Å²) in [4.78, 5) is 2.37. The van der Waals surface area contributed by atoms with Gasteiger partial charge in [-0.2, -0.15) is 0 Å². The zero-order chi connectivity index (χ0) is 14.5. The summed E-state index contributed by atoms with van der Waals surface area (Å²) in [6.45, 7) is 3.09. The molecule has 4 heteroatoms. The van der Waals surface area contributed by atoms with Crippen molar-refractivity contribution >= 4 is 21.6 Å². The molecule has 0 aliphatic heterocycles. The second-order valence-electron chi connectivity index (χ2n) is 5.57. The third kappa shape index (κ3) is 3.54. The first-order valence-electron chi connectivity index (χ1n) is 7.51. The number of rotatable bonds is 6. The van der Waals surface area contributed by atoms with Gasteiger partial charge in [-0.3, -0.25) is 0 Å². The molecule has 1 unspecified atom stereocenters. The number of aliphatic hydroxyl groups is 1. The number of aliphatic hydroxyl groups excluding tert-OH is 1. The topological polar surface area (TPSA) is 35.5 Å². The molecule has 1 atom stereocenters. The molecule has 2 rings (SSSR count). The van der Waals surface area contributed by atoms with Gasteiger partial charge in [-0.1, -0.05) is 34.8 Å². The van der Waals surface area contributed by atoms with E-state index in [0.717, 1.165) is 11.0 Å². The van der Waals surface area contributed by atoms with E-state index in [0.29, 0.717) is 12.1 Å². The maximum Gasteiger partial charge on any atom is 0.0606 e. The molecular weight excluding hydrogens is 316 g/mol. The first-order chi connectivity index (χ1) is 9.67. The molecule has 1 aliphatic carbocycles. The van der Waals surface area contributed by atoms with E-state index in [9.17, 15) is 5.11 Å². The number of nitrogens with one attached hydrogen (secondary N) is 1. The Balaban J connectivity index is 2.22. The highest BCUT2D eigenvalue weighted by Gasteiger charge is 2.23. The second kappa shape index (κ2) is 7.43. The van der Waals surface area contributed by atoms with Crippen LogP contribution in [0.4, 0.5) is 5.69 Å². The van der Waals surface area contributed by atoms with Crippen molar-refractivity contribution in [3.05, 3.63) is 28.2 Å². The summed E-state index contributed by atoms with van der Waals surface area (Å²) in [6, 6.07) is 7.47. The monoisotopic (exact) mass is 340 g/mol. The molecule has 0 saturated heterocycles. The van der Waals surface area contributed by atoms with Crippen molar-refractivity contribution in [2.24, 2.45) is 0 Å². The van der Waals surface area contributed by atoms with Gasteiger partial charge in [0.25, 0.3) is 0 Å². The minimum Gasteiger partial charge on any atom is -0.395 e. The predicted octanol–water partition coefficient (Wildman–Crippen LogP) is 3.47. The van der Waals surface area contributed by atoms with Gasteiger partial charge in [0.15, 0.2) is 0 Å². The Labute approximate surface area is 130 Å². The first-order valence-corrected chi connectivity index (χ1v) is 8.31. The average molecular weight is 341 g/mol. The van der Waals surface area contributed by atoms with Crippen LogP contribution >= 0.6 is 15.9 Å². The fourth-order valence-electron chi connectivity index (χ4n) is 3.05. The average Bonchev–Trinajstić information content (AvgIpc) is 2.97. The van der Waals surface area contributed by atoms with Crippen LogP contribution in [0.3, 0.4) is 0 Å². The Kier molecular flexibility index (Phi) is 5.87. The van der Waals surface area contributed by atoms with E-state index in [4.69, 9.17) is 0 Å². The Bertz CT molecular complexity index is 432. The van der Waals surface area contributed by atoms with Crippen LogP contribution in [0.2, 0.25) is 0 Å². The Morgan fingerprint density at radius 2 is 2.10 bits per heavy atom. The maximum absolute atomic E-state index is 9.35. The number of hydrogen-bond donors (Lipinski definition) is 2. The van der Waals surface area contributed by atoms with Crippen molar-refractivity contribution in [2.45, 2.75) is 44.7 Å². The fraction of sp³-hybridized carbons (Fsp3) is 0.625. The number of anilines is 1. The molecule has 0 amide bonds. The van der Waals surface area contributed by atoms with Gasteiger partial charge in [0.2, 0.25) is 0 Å². The smallest absolute Gasteiger partial charge is 0.0606 e. The molecule has 1 fully saturated rings. The van der Waals surface area contributed by atoms with Crippen molar-refractivity contribution in [1.29, 1.82) is 0 Å². The SMILES string of the molecule is CNC(C)c1ccc(N(CCO)C2CCCC2)cc1Br. The molecule has 0 bridgehead atoms. The summed E-state index contributed by atoms with van der Waals surface area (Å²) in [6.07, 6.45) is 5.10. The number of halogens is 1. The normalized spacial score (nSPS) is 17.4. The molecule has 3 nitrogen and oxygen atoms in total. The van der Waals surface area contributed by atoms with E-state index >= 15 is 0 Å². The summed E-state index contributed by atoms with van der Waals surface area (Å²) in [7, 11) is 1.97. The molecule has 1 aliphatic rings. The van der Waals surface area contributed by atoms with E-state index in [1.165, 1.54) is 36.9 Å². The molecule has 0 aromatic heterocycles. The third-order valence-corrected chi connectivity index (χ3v) is 5.01. The van der Waals surface area contributed by atoms with Gasteiger partial charge in [0.05, 0.1) is 6.61 Å². The molecule has 1 saturated carbocycles. The number of benzene rings is 1. The molecule has 0 radical (unpaired) electrons. The van der Waals surface area contributed by atoms with Crippen molar-refractivity contribution in [3.63, 3.8) is 0 Å². The van der Waals surface area contributed by atoms with Crippen LogP contribution in [0.15, 0.2) is 22.7 Å². The van der Waals surface area contributed by atoms with Crippen molar-refractivity contribution < 1.29 is 5.11 Å². The zero-order valence-corrected chi connectivity index (χ0v) is 14.0. The van der Waals surface area contributed by atoms with Crippen LogP contribution < -0.4 is 10.2 Å². The quantitative estimate of drug-likeness (QED) is 0.832. The van der Waals surface area contributed by atoms with Crippen molar-refractivity contribution in [1.82, 2.24) is 5.32 Å². The molecule has 20 heavy (non-hydrogen) atoms. The molecule has 1 aromatic rings. The Morgan fingerprint density at radius 3 is 2.65 bits per heavy atom. The van der Waals surface area contributed by atoms with Gasteiger partial charge in [-0.05, 0) is 44.5 Å². The molecule has 0 heterocycles. The lowest BCUT2D eigenvalue weighted by atomic mass is 10.1.